The molecule has 2 amide bonds. The van der Waals surface area contributed by atoms with Gasteiger partial charge >= 0.3 is 0 Å². The van der Waals surface area contributed by atoms with Gasteiger partial charge in [0, 0.05) is 29.9 Å². The molecule has 0 aliphatic carbocycles. The standard InChI is InChI=1S/C28H30N2O4/c1-4-24(20-10-6-5-7-11-20)27(31)29-23-14-15-26-22(16-23)18-30(28(32)19(2)34-26)17-21-12-8-9-13-25(21)33-3/h5-16,19,24H,4,17-18H2,1-3H3,(H,29,31)/t19-,24-/m1/s1. The number of fused-ring (bicyclic) bond motifs is 1. The topological polar surface area (TPSA) is 67.9 Å². The van der Waals surface area contributed by atoms with Gasteiger partial charge in [-0.2, -0.15) is 0 Å². The Bertz CT molecular complexity index is 1160. The number of nitrogens with zero attached hydrogens (tertiary/aromatic N) is 1. The molecule has 0 bridgehead atoms. The fraction of sp³-hybridized carbons (Fsp3) is 0.286. The van der Waals surface area contributed by atoms with Crippen molar-refractivity contribution in [3.8, 4) is 11.5 Å². The Hall–Kier alpha value is -3.80. The number of hydrogen-bond donors (Lipinski definition) is 1. The van der Waals surface area contributed by atoms with Crippen LogP contribution in [-0.4, -0.2) is 29.9 Å². The molecule has 1 N–H and O–H groups in total. The van der Waals surface area contributed by atoms with Crippen molar-refractivity contribution < 1.29 is 19.1 Å². The van der Waals surface area contributed by atoms with Crippen LogP contribution in [0.4, 0.5) is 5.69 Å². The van der Waals surface area contributed by atoms with Gasteiger partial charge < -0.3 is 19.7 Å². The zero-order chi connectivity index (χ0) is 24.1. The number of amides is 2. The van der Waals surface area contributed by atoms with Crippen LogP contribution in [0, 0.1) is 0 Å². The maximum atomic E-state index is 13.1. The maximum absolute atomic E-state index is 13.1. The van der Waals surface area contributed by atoms with Crippen molar-refractivity contribution in [1.82, 2.24) is 4.90 Å². The third kappa shape index (κ3) is 5.06. The molecule has 176 valence electrons. The highest BCUT2D eigenvalue weighted by atomic mass is 16.5. The van der Waals surface area contributed by atoms with E-state index in [4.69, 9.17) is 9.47 Å². The first-order valence-electron chi connectivity index (χ1n) is 11.6. The highest BCUT2D eigenvalue weighted by molar-refractivity contribution is 5.96. The Balaban J connectivity index is 1.56. The van der Waals surface area contributed by atoms with Crippen LogP contribution in [0.1, 0.15) is 42.9 Å². The molecule has 0 saturated heterocycles. The molecule has 6 heteroatoms. The van der Waals surface area contributed by atoms with Crippen molar-refractivity contribution in [2.24, 2.45) is 0 Å². The number of methoxy groups -OCH3 is 1. The molecule has 1 aliphatic rings. The summed E-state index contributed by atoms with van der Waals surface area (Å²) in [6, 6.07) is 23.0. The Kier molecular flexibility index (Phi) is 7.16. The predicted molar refractivity (Wildman–Crippen MR) is 132 cm³/mol. The molecule has 0 unspecified atom stereocenters. The SMILES string of the molecule is CC[C@@H](C(=O)Nc1ccc2c(c1)CN(Cc1ccccc1OC)C(=O)[C@@H](C)O2)c1ccccc1. The van der Waals surface area contributed by atoms with Crippen LogP contribution in [0.3, 0.4) is 0 Å². The minimum absolute atomic E-state index is 0.0569. The molecule has 3 aromatic carbocycles. The third-order valence-corrected chi connectivity index (χ3v) is 6.13. The van der Waals surface area contributed by atoms with Gasteiger partial charge in [0.1, 0.15) is 11.5 Å². The first-order valence-corrected chi connectivity index (χ1v) is 11.6. The maximum Gasteiger partial charge on any atom is 0.263 e. The summed E-state index contributed by atoms with van der Waals surface area (Å²) >= 11 is 0. The molecule has 2 atom stereocenters. The van der Waals surface area contributed by atoms with Crippen molar-refractivity contribution in [2.45, 2.75) is 45.4 Å². The lowest BCUT2D eigenvalue weighted by Crippen LogP contribution is -2.37. The molecule has 6 nitrogen and oxygen atoms in total. The van der Waals surface area contributed by atoms with E-state index in [0.29, 0.717) is 30.9 Å². The number of para-hydroxylation sites is 1. The molecule has 1 heterocycles. The van der Waals surface area contributed by atoms with E-state index < -0.39 is 6.10 Å². The zero-order valence-corrected chi connectivity index (χ0v) is 19.8. The van der Waals surface area contributed by atoms with Crippen LogP contribution >= 0.6 is 0 Å². The van der Waals surface area contributed by atoms with Crippen molar-refractivity contribution in [3.05, 3.63) is 89.5 Å². The summed E-state index contributed by atoms with van der Waals surface area (Å²) in [4.78, 5) is 27.9. The highest BCUT2D eigenvalue weighted by Crippen LogP contribution is 2.31. The Labute approximate surface area is 200 Å². The van der Waals surface area contributed by atoms with E-state index in [9.17, 15) is 9.59 Å². The molecule has 4 rings (SSSR count). The smallest absolute Gasteiger partial charge is 0.263 e. The number of hydrogen-bond acceptors (Lipinski definition) is 4. The third-order valence-electron chi connectivity index (χ3n) is 6.13. The molecule has 0 saturated carbocycles. The number of carbonyl (C=O) groups excluding carboxylic acids is 2. The van der Waals surface area contributed by atoms with Gasteiger partial charge in [0.05, 0.1) is 13.0 Å². The van der Waals surface area contributed by atoms with Crippen LogP contribution < -0.4 is 14.8 Å². The Morgan fingerprint density at radius 1 is 1.12 bits per heavy atom. The van der Waals surface area contributed by atoms with E-state index in [1.807, 2.05) is 79.7 Å². The number of anilines is 1. The Morgan fingerprint density at radius 2 is 1.85 bits per heavy atom. The summed E-state index contributed by atoms with van der Waals surface area (Å²) in [5, 5.41) is 3.05. The quantitative estimate of drug-likeness (QED) is 0.533. The fourth-order valence-electron chi connectivity index (χ4n) is 4.34. The lowest BCUT2D eigenvalue weighted by Gasteiger charge is -2.23. The second kappa shape index (κ2) is 10.4. The minimum atomic E-state index is -0.612. The summed E-state index contributed by atoms with van der Waals surface area (Å²) in [6.45, 7) is 4.54. The van der Waals surface area contributed by atoms with Crippen molar-refractivity contribution >= 4 is 17.5 Å². The fourth-order valence-corrected chi connectivity index (χ4v) is 4.34. The molecule has 0 spiro atoms. The summed E-state index contributed by atoms with van der Waals surface area (Å²) in [6.07, 6.45) is 0.0849. The summed E-state index contributed by atoms with van der Waals surface area (Å²) < 4.78 is 11.4. The number of carbonyl (C=O) groups is 2. The average molecular weight is 459 g/mol. The van der Waals surface area contributed by atoms with Crippen LogP contribution in [0.5, 0.6) is 11.5 Å². The zero-order valence-electron chi connectivity index (χ0n) is 19.8. The van der Waals surface area contributed by atoms with Gasteiger partial charge in [0.2, 0.25) is 5.91 Å². The normalized spacial score (nSPS) is 16.1. The predicted octanol–water partition coefficient (Wildman–Crippen LogP) is 5.14. The van der Waals surface area contributed by atoms with E-state index in [2.05, 4.69) is 5.32 Å². The molecule has 34 heavy (non-hydrogen) atoms. The highest BCUT2D eigenvalue weighted by Gasteiger charge is 2.29. The van der Waals surface area contributed by atoms with Gasteiger partial charge in [0.25, 0.3) is 5.91 Å². The van der Waals surface area contributed by atoms with Gasteiger partial charge in [-0.3, -0.25) is 9.59 Å². The largest absolute Gasteiger partial charge is 0.496 e. The van der Waals surface area contributed by atoms with Crippen molar-refractivity contribution in [2.75, 3.05) is 12.4 Å². The second-order valence-corrected chi connectivity index (χ2v) is 8.45. The van der Waals surface area contributed by atoms with E-state index >= 15 is 0 Å². The minimum Gasteiger partial charge on any atom is -0.496 e. The molecular formula is C28H30N2O4. The van der Waals surface area contributed by atoms with Gasteiger partial charge in [-0.25, -0.2) is 0 Å². The first-order chi connectivity index (χ1) is 16.5. The number of nitrogens with one attached hydrogen (secondary N) is 1. The van der Waals surface area contributed by atoms with Crippen LogP contribution in [0.2, 0.25) is 0 Å². The van der Waals surface area contributed by atoms with Crippen LogP contribution in [-0.2, 0) is 22.7 Å². The molecular weight excluding hydrogens is 428 g/mol. The molecule has 0 aromatic heterocycles. The number of rotatable bonds is 7. The molecule has 0 fully saturated rings. The summed E-state index contributed by atoms with van der Waals surface area (Å²) in [5.41, 5.74) is 3.44. The van der Waals surface area contributed by atoms with Gasteiger partial charge in [-0.05, 0) is 43.2 Å². The number of benzene rings is 3. The second-order valence-electron chi connectivity index (χ2n) is 8.45. The monoisotopic (exact) mass is 458 g/mol. The first kappa shape index (κ1) is 23.4. The van der Waals surface area contributed by atoms with Crippen LogP contribution in [0.15, 0.2) is 72.8 Å². The summed E-state index contributed by atoms with van der Waals surface area (Å²) in [7, 11) is 1.62. The molecule has 1 aliphatic heterocycles. The molecule has 0 radical (unpaired) electrons. The van der Waals surface area contributed by atoms with E-state index in [1.54, 1.807) is 18.9 Å². The Morgan fingerprint density at radius 3 is 2.59 bits per heavy atom. The van der Waals surface area contributed by atoms with Crippen molar-refractivity contribution in [1.29, 1.82) is 0 Å². The van der Waals surface area contributed by atoms with Gasteiger partial charge in [-0.1, -0.05) is 55.5 Å². The van der Waals surface area contributed by atoms with E-state index in [0.717, 1.165) is 22.4 Å². The lowest BCUT2D eigenvalue weighted by molar-refractivity contribution is -0.138. The molecule has 3 aromatic rings. The summed E-state index contributed by atoms with van der Waals surface area (Å²) in [5.74, 6) is 0.999. The lowest BCUT2D eigenvalue weighted by atomic mass is 9.95. The van der Waals surface area contributed by atoms with Crippen molar-refractivity contribution in [3.63, 3.8) is 0 Å². The van der Waals surface area contributed by atoms with Crippen LogP contribution in [0.25, 0.3) is 0 Å². The average Bonchev–Trinajstić information content (AvgIpc) is 2.96. The van der Waals surface area contributed by atoms with E-state index in [1.165, 1.54) is 0 Å². The van der Waals surface area contributed by atoms with Gasteiger partial charge in [-0.15, -0.1) is 0 Å². The number of ether oxygens (including phenoxy) is 2. The van der Waals surface area contributed by atoms with E-state index in [-0.39, 0.29) is 17.7 Å². The van der Waals surface area contributed by atoms with Gasteiger partial charge in [0.15, 0.2) is 6.10 Å².